The summed E-state index contributed by atoms with van der Waals surface area (Å²) in [5, 5.41) is 3.86. The maximum atomic E-state index is 3.86. The van der Waals surface area contributed by atoms with Gasteiger partial charge in [-0.2, -0.15) is 0 Å². The minimum atomic E-state index is 0.395. The summed E-state index contributed by atoms with van der Waals surface area (Å²) in [6.07, 6.45) is 6.49. The summed E-state index contributed by atoms with van der Waals surface area (Å²) in [6.45, 7) is 17.9. The summed E-state index contributed by atoms with van der Waals surface area (Å²) in [4.78, 5) is 2.83. The van der Waals surface area contributed by atoms with Crippen LogP contribution < -0.4 is 5.32 Å². The predicted molar refractivity (Wildman–Crippen MR) is 90.2 cm³/mol. The topological polar surface area (TPSA) is 15.3 Å². The van der Waals surface area contributed by atoms with Crippen LogP contribution in [0.2, 0.25) is 0 Å². The quantitative estimate of drug-likeness (QED) is 0.714. The minimum absolute atomic E-state index is 0.395. The summed E-state index contributed by atoms with van der Waals surface area (Å²) < 4.78 is 0. The SMILES string of the molecule is CCCC(C)CN1CC(C(C)CC)NCC1(CC)CC. The maximum Gasteiger partial charge on any atom is 0.0329 e. The van der Waals surface area contributed by atoms with Crippen molar-refractivity contribution in [3.05, 3.63) is 0 Å². The fourth-order valence-corrected chi connectivity index (χ4v) is 3.77. The van der Waals surface area contributed by atoms with Crippen LogP contribution in [0.25, 0.3) is 0 Å². The van der Waals surface area contributed by atoms with E-state index in [-0.39, 0.29) is 0 Å². The normalized spacial score (nSPS) is 26.4. The second kappa shape index (κ2) is 8.38. The van der Waals surface area contributed by atoms with Crippen LogP contribution in [0.5, 0.6) is 0 Å². The van der Waals surface area contributed by atoms with E-state index in [1.54, 1.807) is 0 Å². The zero-order valence-electron chi connectivity index (χ0n) is 14.8. The fraction of sp³-hybridized carbons (Fsp3) is 1.00. The molecule has 3 unspecified atom stereocenters. The number of piperazine rings is 1. The van der Waals surface area contributed by atoms with E-state index in [1.807, 2.05) is 0 Å². The summed E-state index contributed by atoms with van der Waals surface area (Å²) >= 11 is 0. The van der Waals surface area contributed by atoms with Crippen molar-refractivity contribution in [2.24, 2.45) is 11.8 Å². The Balaban J connectivity index is 2.77. The Hall–Kier alpha value is -0.0800. The van der Waals surface area contributed by atoms with Gasteiger partial charge >= 0.3 is 0 Å². The van der Waals surface area contributed by atoms with E-state index >= 15 is 0 Å². The average Bonchev–Trinajstić information content (AvgIpc) is 2.47. The third kappa shape index (κ3) is 4.21. The molecule has 1 aliphatic heterocycles. The predicted octanol–water partition coefficient (Wildman–Crippen LogP) is 4.30. The lowest BCUT2D eigenvalue weighted by atomic mass is 9.83. The van der Waals surface area contributed by atoms with Gasteiger partial charge in [0.15, 0.2) is 0 Å². The monoisotopic (exact) mass is 282 g/mol. The molecule has 20 heavy (non-hydrogen) atoms. The van der Waals surface area contributed by atoms with Gasteiger partial charge in [-0.25, -0.2) is 0 Å². The van der Waals surface area contributed by atoms with E-state index in [9.17, 15) is 0 Å². The lowest BCUT2D eigenvalue weighted by Crippen LogP contribution is -2.66. The standard InChI is InChI=1S/C18H38N2/c1-7-11-15(5)12-20-13-17(16(6)8-2)19-14-18(20,9-3)10-4/h15-17,19H,7-14H2,1-6H3. The lowest BCUT2D eigenvalue weighted by Gasteiger charge is -2.51. The van der Waals surface area contributed by atoms with Crippen molar-refractivity contribution in [3.8, 4) is 0 Å². The number of nitrogens with one attached hydrogen (secondary N) is 1. The first-order chi connectivity index (χ1) is 9.52. The van der Waals surface area contributed by atoms with E-state index < -0.39 is 0 Å². The molecule has 1 heterocycles. The van der Waals surface area contributed by atoms with E-state index in [1.165, 1.54) is 51.7 Å². The van der Waals surface area contributed by atoms with Crippen molar-refractivity contribution in [1.29, 1.82) is 0 Å². The molecule has 0 bridgehead atoms. The Labute approximate surface area is 127 Å². The molecule has 0 amide bonds. The van der Waals surface area contributed by atoms with E-state index in [0.29, 0.717) is 11.6 Å². The first-order valence-electron chi connectivity index (χ1n) is 9.01. The van der Waals surface area contributed by atoms with Gasteiger partial charge in [-0.1, -0.05) is 54.4 Å². The van der Waals surface area contributed by atoms with Crippen LogP contribution in [0.3, 0.4) is 0 Å². The molecule has 1 fully saturated rings. The van der Waals surface area contributed by atoms with Gasteiger partial charge in [0.05, 0.1) is 0 Å². The highest BCUT2D eigenvalue weighted by molar-refractivity contribution is 4.98. The van der Waals surface area contributed by atoms with Crippen LogP contribution in [0.4, 0.5) is 0 Å². The third-order valence-corrected chi connectivity index (χ3v) is 5.74. The second-order valence-electron chi connectivity index (χ2n) is 7.10. The Morgan fingerprint density at radius 1 is 1.15 bits per heavy atom. The average molecular weight is 283 g/mol. The Kier molecular flexibility index (Phi) is 7.53. The summed E-state index contributed by atoms with van der Waals surface area (Å²) in [5.41, 5.74) is 0.395. The lowest BCUT2D eigenvalue weighted by molar-refractivity contribution is 0.00930. The fourth-order valence-electron chi connectivity index (χ4n) is 3.77. The second-order valence-corrected chi connectivity index (χ2v) is 7.10. The molecule has 1 aliphatic rings. The molecule has 0 aliphatic carbocycles. The molecule has 1 N–H and O–H groups in total. The molecule has 0 aromatic carbocycles. The van der Waals surface area contributed by atoms with Crippen LogP contribution in [0.1, 0.15) is 73.6 Å². The van der Waals surface area contributed by atoms with Crippen molar-refractivity contribution in [2.75, 3.05) is 19.6 Å². The van der Waals surface area contributed by atoms with E-state index in [2.05, 4.69) is 51.8 Å². The van der Waals surface area contributed by atoms with Gasteiger partial charge < -0.3 is 5.32 Å². The maximum absolute atomic E-state index is 3.86. The van der Waals surface area contributed by atoms with Crippen LogP contribution in [0.15, 0.2) is 0 Å². The van der Waals surface area contributed by atoms with Gasteiger partial charge in [0, 0.05) is 31.2 Å². The number of rotatable bonds is 8. The molecule has 1 rings (SSSR count). The first-order valence-corrected chi connectivity index (χ1v) is 9.01. The summed E-state index contributed by atoms with van der Waals surface area (Å²) in [7, 11) is 0. The van der Waals surface area contributed by atoms with Crippen LogP contribution in [0, 0.1) is 11.8 Å². The van der Waals surface area contributed by atoms with Gasteiger partial charge in [-0.05, 0) is 31.1 Å². The van der Waals surface area contributed by atoms with Gasteiger partial charge in [0.25, 0.3) is 0 Å². The Morgan fingerprint density at radius 3 is 2.30 bits per heavy atom. The molecule has 0 spiro atoms. The molecule has 0 aromatic rings. The molecule has 1 saturated heterocycles. The van der Waals surface area contributed by atoms with Crippen molar-refractivity contribution in [2.45, 2.75) is 85.2 Å². The number of hydrogen-bond acceptors (Lipinski definition) is 2. The van der Waals surface area contributed by atoms with E-state index in [4.69, 9.17) is 0 Å². The molecular formula is C18H38N2. The van der Waals surface area contributed by atoms with Crippen molar-refractivity contribution >= 4 is 0 Å². The van der Waals surface area contributed by atoms with Crippen molar-refractivity contribution in [3.63, 3.8) is 0 Å². The van der Waals surface area contributed by atoms with Gasteiger partial charge in [-0.3, -0.25) is 4.90 Å². The highest BCUT2D eigenvalue weighted by Crippen LogP contribution is 2.30. The number of hydrogen-bond donors (Lipinski definition) is 1. The van der Waals surface area contributed by atoms with Crippen molar-refractivity contribution in [1.82, 2.24) is 10.2 Å². The summed E-state index contributed by atoms with van der Waals surface area (Å²) in [5.74, 6) is 1.61. The molecule has 0 radical (unpaired) electrons. The molecule has 2 nitrogen and oxygen atoms in total. The molecule has 2 heteroatoms. The largest absolute Gasteiger partial charge is 0.311 e. The van der Waals surface area contributed by atoms with Gasteiger partial charge in [-0.15, -0.1) is 0 Å². The third-order valence-electron chi connectivity index (χ3n) is 5.74. The van der Waals surface area contributed by atoms with Crippen molar-refractivity contribution < 1.29 is 0 Å². The highest BCUT2D eigenvalue weighted by atomic mass is 15.3. The Bertz CT molecular complexity index is 260. The number of nitrogens with zero attached hydrogens (tertiary/aromatic N) is 1. The van der Waals surface area contributed by atoms with Gasteiger partial charge in [0.2, 0.25) is 0 Å². The summed E-state index contributed by atoms with van der Waals surface area (Å²) in [6, 6.07) is 0.681. The molecule has 120 valence electrons. The van der Waals surface area contributed by atoms with Gasteiger partial charge in [0.1, 0.15) is 0 Å². The smallest absolute Gasteiger partial charge is 0.0329 e. The molecule has 3 atom stereocenters. The molecule has 0 aromatic heterocycles. The van der Waals surface area contributed by atoms with Crippen LogP contribution >= 0.6 is 0 Å². The molecule has 0 saturated carbocycles. The first kappa shape index (κ1) is 18.0. The molecular weight excluding hydrogens is 244 g/mol. The van der Waals surface area contributed by atoms with Crippen LogP contribution in [-0.2, 0) is 0 Å². The minimum Gasteiger partial charge on any atom is -0.311 e. The Morgan fingerprint density at radius 2 is 1.80 bits per heavy atom. The zero-order valence-corrected chi connectivity index (χ0v) is 14.8. The van der Waals surface area contributed by atoms with Crippen LogP contribution in [-0.4, -0.2) is 36.1 Å². The zero-order chi connectivity index (χ0) is 15.2. The van der Waals surface area contributed by atoms with E-state index in [0.717, 1.165) is 11.8 Å². The highest BCUT2D eigenvalue weighted by Gasteiger charge is 2.40.